The van der Waals surface area contributed by atoms with E-state index in [0.29, 0.717) is 6.10 Å². The first-order valence-corrected chi connectivity index (χ1v) is 6.30. The molecule has 0 aromatic carbocycles. The number of rotatable bonds is 7. The van der Waals surface area contributed by atoms with Crippen LogP contribution in [-0.4, -0.2) is 43.1 Å². The highest BCUT2D eigenvalue weighted by molar-refractivity contribution is 6.18. The van der Waals surface area contributed by atoms with Crippen LogP contribution in [-0.2, 0) is 4.74 Å². The zero-order valence-corrected chi connectivity index (χ0v) is 9.93. The Hall–Kier alpha value is 0.210. The maximum Gasteiger partial charge on any atom is 0.0576 e. The fourth-order valence-electron chi connectivity index (χ4n) is 1.96. The van der Waals surface area contributed by atoms with Crippen molar-refractivity contribution >= 4 is 11.6 Å². The van der Waals surface area contributed by atoms with Crippen LogP contribution in [0.25, 0.3) is 0 Å². The Labute approximate surface area is 92.6 Å². The van der Waals surface area contributed by atoms with Gasteiger partial charge in [-0.25, -0.2) is 0 Å². The number of halogens is 1. The fourth-order valence-corrected chi connectivity index (χ4v) is 2.20. The Morgan fingerprint density at radius 2 is 2.29 bits per heavy atom. The predicted molar refractivity (Wildman–Crippen MR) is 61.0 cm³/mol. The van der Waals surface area contributed by atoms with Crippen LogP contribution >= 0.6 is 11.6 Å². The molecule has 0 aromatic rings. The first-order chi connectivity index (χ1) is 6.86. The van der Waals surface area contributed by atoms with Crippen LogP contribution in [0.5, 0.6) is 0 Å². The lowest BCUT2D eigenvalue weighted by molar-refractivity contribution is 0.0992. The van der Waals surface area contributed by atoms with Gasteiger partial charge in [0.1, 0.15) is 0 Å². The van der Waals surface area contributed by atoms with Gasteiger partial charge in [0, 0.05) is 19.0 Å². The molecule has 1 aliphatic rings. The minimum absolute atomic E-state index is 0.546. The van der Waals surface area contributed by atoms with E-state index in [-0.39, 0.29) is 0 Å². The summed E-state index contributed by atoms with van der Waals surface area (Å²) >= 11 is 5.71. The van der Waals surface area contributed by atoms with Gasteiger partial charge in [-0.05, 0) is 38.8 Å². The molecule has 1 fully saturated rings. The third-order valence-corrected chi connectivity index (χ3v) is 3.04. The quantitative estimate of drug-likeness (QED) is 0.611. The maximum atomic E-state index is 5.71. The normalized spacial score (nSPS) is 22.1. The molecule has 1 heterocycles. The van der Waals surface area contributed by atoms with Crippen LogP contribution in [0.15, 0.2) is 0 Å². The topological polar surface area (TPSA) is 12.5 Å². The van der Waals surface area contributed by atoms with Gasteiger partial charge >= 0.3 is 0 Å². The average molecular weight is 220 g/mol. The molecule has 1 aliphatic heterocycles. The Bertz CT molecular complexity index is 137. The molecular weight excluding hydrogens is 198 g/mol. The second-order valence-electron chi connectivity index (χ2n) is 3.90. The zero-order valence-electron chi connectivity index (χ0n) is 9.17. The lowest BCUT2D eigenvalue weighted by Gasteiger charge is -2.19. The monoisotopic (exact) mass is 219 g/mol. The van der Waals surface area contributed by atoms with Gasteiger partial charge in [-0.3, -0.25) is 0 Å². The van der Waals surface area contributed by atoms with Gasteiger partial charge in [0.2, 0.25) is 0 Å². The van der Waals surface area contributed by atoms with Crippen LogP contribution < -0.4 is 0 Å². The second kappa shape index (κ2) is 7.49. The largest absolute Gasteiger partial charge is 0.378 e. The molecule has 0 spiro atoms. The summed E-state index contributed by atoms with van der Waals surface area (Å²) in [5, 5.41) is 0. The summed E-state index contributed by atoms with van der Waals surface area (Å²) in [5.74, 6) is 0.744. The minimum atomic E-state index is 0.546. The SMILES string of the molecule is CCN(CCCl)CCCC1CCCO1. The van der Waals surface area contributed by atoms with Crippen molar-refractivity contribution in [1.82, 2.24) is 4.90 Å². The second-order valence-corrected chi connectivity index (χ2v) is 4.28. The molecular formula is C11H22ClNO. The molecule has 0 amide bonds. The first-order valence-electron chi connectivity index (χ1n) is 5.76. The fraction of sp³-hybridized carbons (Fsp3) is 1.00. The molecule has 0 aliphatic carbocycles. The van der Waals surface area contributed by atoms with Crippen LogP contribution in [0.1, 0.15) is 32.6 Å². The Morgan fingerprint density at radius 1 is 1.43 bits per heavy atom. The number of hydrogen-bond donors (Lipinski definition) is 0. The summed E-state index contributed by atoms with van der Waals surface area (Å²) < 4.78 is 5.58. The van der Waals surface area contributed by atoms with Crippen molar-refractivity contribution in [3.8, 4) is 0 Å². The molecule has 0 radical (unpaired) electrons. The van der Waals surface area contributed by atoms with Gasteiger partial charge < -0.3 is 9.64 Å². The van der Waals surface area contributed by atoms with Crippen molar-refractivity contribution in [3.63, 3.8) is 0 Å². The summed E-state index contributed by atoms with van der Waals surface area (Å²) in [7, 11) is 0. The van der Waals surface area contributed by atoms with E-state index in [1.165, 1.54) is 32.2 Å². The summed E-state index contributed by atoms with van der Waals surface area (Å²) in [4.78, 5) is 2.40. The number of nitrogens with zero attached hydrogens (tertiary/aromatic N) is 1. The molecule has 1 atom stereocenters. The molecule has 1 rings (SSSR count). The van der Waals surface area contributed by atoms with E-state index < -0.39 is 0 Å². The first kappa shape index (κ1) is 12.3. The third-order valence-electron chi connectivity index (χ3n) is 2.87. The van der Waals surface area contributed by atoms with E-state index in [4.69, 9.17) is 16.3 Å². The van der Waals surface area contributed by atoms with Crippen molar-refractivity contribution in [2.75, 3.05) is 32.1 Å². The van der Waals surface area contributed by atoms with Crippen LogP contribution in [0.4, 0.5) is 0 Å². The lowest BCUT2D eigenvalue weighted by atomic mass is 10.1. The van der Waals surface area contributed by atoms with Crippen molar-refractivity contribution < 1.29 is 4.74 Å². The summed E-state index contributed by atoms with van der Waals surface area (Å²) in [6, 6.07) is 0. The average Bonchev–Trinajstić information content (AvgIpc) is 2.69. The molecule has 0 saturated carbocycles. The Balaban J connectivity index is 2.00. The highest BCUT2D eigenvalue weighted by Gasteiger charge is 2.14. The van der Waals surface area contributed by atoms with Crippen molar-refractivity contribution in [3.05, 3.63) is 0 Å². The molecule has 0 bridgehead atoms. The number of alkyl halides is 1. The summed E-state index contributed by atoms with van der Waals surface area (Å²) in [6.45, 7) is 6.47. The molecule has 0 N–H and O–H groups in total. The molecule has 84 valence electrons. The van der Waals surface area contributed by atoms with Crippen LogP contribution in [0, 0.1) is 0 Å². The van der Waals surface area contributed by atoms with E-state index in [1.54, 1.807) is 0 Å². The highest BCUT2D eigenvalue weighted by atomic mass is 35.5. The van der Waals surface area contributed by atoms with E-state index >= 15 is 0 Å². The number of hydrogen-bond acceptors (Lipinski definition) is 2. The van der Waals surface area contributed by atoms with E-state index in [2.05, 4.69) is 11.8 Å². The zero-order chi connectivity index (χ0) is 10.2. The predicted octanol–water partition coefficient (Wildman–Crippen LogP) is 2.51. The van der Waals surface area contributed by atoms with Crippen LogP contribution in [0.3, 0.4) is 0 Å². The van der Waals surface area contributed by atoms with Crippen molar-refractivity contribution in [2.45, 2.75) is 38.7 Å². The van der Waals surface area contributed by atoms with Gasteiger partial charge in [-0.2, -0.15) is 0 Å². The van der Waals surface area contributed by atoms with Gasteiger partial charge in [-0.1, -0.05) is 6.92 Å². The minimum Gasteiger partial charge on any atom is -0.378 e. The van der Waals surface area contributed by atoms with Crippen molar-refractivity contribution in [1.29, 1.82) is 0 Å². The highest BCUT2D eigenvalue weighted by Crippen LogP contribution is 2.16. The summed E-state index contributed by atoms with van der Waals surface area (Å²) in [6.07, 6.45) is 5.53. The Morgan fingerprint density at radius 3 is 2.86 bits per heavy atom. The van der Waals surface area contributed by atoms with Gasteiger partial charge in [-0.15, -0.1) is 11.6 Å². The molecule has 0 aromatic heterocycles. The molecule has 3 heteroatoms. The number of ether oxygens (including phenoxy) is 1. The van der Waals surface area contributed by atoms with Gasteiger partial charge in [0.15, 0.2) is 0 Å². The molecule has 1 unspecified atom stereocenters. The lowest BCUT2D eigenvalue weighted by Crippen LogP contribution is -2.27. The summed E-state index contributed by atoms with van der Waals surface area (Å²) in [5.41, 5.74) is 0. The molecule has 1 saturated heterocycles. The van der Waals surface area contributed by atoms with Crippen molar-refractivity contribution in [2.24, 2.45) is 0 Å². The Kier molecular flexibility index (Phi) is 6.57. The van der Waals surface area contributed by atoms with Gasteiger partial charge in [0.05, 0.1) is 6.10 Å². The van der Waals surface area contributed by atoms with E-state index in [9.17, 15) is 0 Å². The molecule has 14 heavy (non-hydrogen) atoms. The smallest absolute Gasteiger partial charge is 0.0576 e. The van der Waals surface area contributed by atoms with E-state index in [0.717, 1.165) is 25.6 Å². The third kappa shape index (κ3) is 4.63. The maximum absolute atomic E-state index is 5.71. The molecule has 2 nitrogen and oxygen atoms in total. The van der Waals surface area contributed by atoms with Gasteiger partial charge in [0.25, 0.3) is 0 Å². The van der Waals surface area contributed by atoms with Crippen LogP contribution in [0.2, 0.25) is 0 Å². The standard InChI is InChI=1S/C11H22ClNO/c1-2-13(9-7-12)8-3-5-11-6-4-10-14-11/h11H,2-10H2,1H3. The van der Waals surface area contributed by atoms with E-state index in [1.807, 2.05) is 0 Å².